The minimum atomic E-state index is -0.923. The average Bonchev–Trinajstić information content (AvgIpc) is 2.85. The van der Waals surface area contributed by atoms with Crippen molar-refractivity contribution >= 4 is 5.97 Å². The van der Waals surface area contributed by atoms with Crippen molar-refractivity contribution in [2.24, 2.45) is 0 Å². The highest BCUT2D eigenvalue weighted by Gasteiger charge is 2.09. The predicted octanol–water partition coefficient (Wildman–Crippen LogP) is 1.72. The molecule has 0 spiro atoms. The highest BCUT2D eigenvalue weighted by molar-refractivity contribution is 5.70. The van der Waals surface area contributed by atoms with Gasteiger partial charge in [0, 0.05) is 5.56 Å². The van der Waals surface area contributed by atoms with E-state index in [0.717, 1.165) is 11.3 Å². The highest BCUT2D eigenvalue weighted by Crippen LogP contribution is 2.31. The van der Waals surface area contributed by atoms with E-state index in [1.165, 1.54) is 0 Å². The molecule has 0 radical (unpaired) electrons. The second kappa shape index (κ2) is 5.43. The fraction of sp³-hybridized carbons (Fsp3) is 0.231. The van der Waals surface area contributed by atoms with Gasteiger partial charge in [-0.1, -0.05) is 0 Å². The summed E-state index contributed by atoms with van der Waals surface area (Å²) >= 11 is 0. The number of H-pyrrole nitrogens is 1. The number of aromatic nitrogens is 2. The van der Waals surface area contributed by atoms with Crippen LogP contribution in [0.1, 0.15) is 5.82 Å². The quantitative estimate of drug-likeness (QED) is 0.857. The third-order valence-corrected chi connectivity index (χ3v) is 2.64. The Kier molecular flexibility index (Phi) is 3.70. The predicted molar refractivity (Wildman–Crippen MR) is 68.5 cm³/mol. The molecule has 0 saturated carbocycles. The van der Waals surface area contributed by atoms with Gasteiger partial charge in [0.1, 0.15) is 12.2 Å². The van der Waals surface area contributed by atoms with Gasteiger partial charge < -0.3 is 19.6 Å². The molecule has 1 aromatic heterocycles. The number of carboxylic acids is 1. The summed E-state index contributed by atoms with van der Waals surface area (Å²) in [4.78, 5) is 17.6. The largest absolute Gasteiger partial charge is 0.493 e. The Morgan fingerprint density at radius 1 is 1.32 bits per heavy atom. The van der Waals surface area contributed by atoms with Crippen LogP contribution in [-0.2, 0) is 11.2 Å². The van der Waals surface area contributed by atoms with Crippen molar-refractivity contribution < 1.29 is 19.4 Å². The second-order valence-electron chi connectivity index (χ2n) is 3.88. The topological polar surface area (TPSA) is 84.4 Å². The minimum absolute atomic E-state index is 0.132. The maximum atomic E-state index is 10.6. The van der Waals surface area contributed by atoms with Gasteiger partial charge in [-0.2, -0.15) is 0 Å². The Morgan fingerprint density at radius 3 is 2.68 bits per heavy atom. The maximum absolute atomic E-state index is 10.6. The maximum Gasteiger partial charge on any atom is 0.311 e. The zero-order valence-electron chi connectivity index (χ0n) is 10.6. The number of nitrogens with zero attached hydrogens (tertiary/aromatic N) is 1. The SMILES string of the molecule is COc1ccc(-c2cnc(CC(=O)O)[nH]2)cc1OC. The molecule has 0 unspecified atom stereocenters. The van der Waals surface area contributed by atoms with E-state index < -0.39 is 5.97 Å². The van der Waals surface area contributed by atoms with Gasteiger partial charge in [-0.15, -0.1) is 0 Å². The first-order valence-electron chi connectivity index (χ1n) is 5.62. The summed E-state index contributed by atoms with van der Waals surface area (Å²) in [7, 11) is 3.13. The first-order valence-corrected chi connectivity index (χ1v) is 5.62. The zero-order valence-corrected chi connectivity index (χ0v) is 10.6. The Hall–Kier alpha value is -2.50. The van der Waals surface area contributed by atoms with Gasteiger partial charge in [-0.25, -0.2) is 4.98 Å². The van der Waals surface area contributed by atoms with E-state index in [4.69, 9.17) is 14.6 Å². The number of ether oxygens (including phenoxy) is 2. The van der Waals surface area contributed by atoms with Crippen molar-refractivity contribution in [3.63, 3.8) is 0 Å². The van der Waals surface area contributed by atoms with E-state index >= 15 is 0 Å². The molecule has 0 atom stereocenters. The van der Waals surface area contributed by atoms with Gasteiger partial charge in [0.15, 0.2) is 11.5 Å². The minimum Gasteiger partial charge on any atom is -0.493 e. The first kappa shape index (κ1) is 12.9. The standard InChI is InChI=1S/C13H14N2O4/c1-18-10-4-3-8(5-11(10)19-2)9-7-14-12(15-9)6-13(16)17/h3-5,7H,6H2,1-2H3,(H,14,15)(H,16,17). The number of aromatic amines is 1. The number of nitrogens with one attached hydrogen (secondary N) is 1. The summed E-state index contributed by atoms with van der Waals surface area (Å²) < 4.78 is 10.4. The monoisotopic (exact) mass is 262 g/mol. The van der Waals surface area contributed by atoms with Gasteiger partial charge in [-0.05, 0) is 18.2 Å². The molecule has 1 heterocycles. The molecule has 0 aliphatic rings. The molecule has 6 nitrogen and oxygen atoms in total. The lowest BCUT2D eigenvalue weighted by molar-refractivity contribution is -0.136. The Labute approximate surface area is 110 Å². The normalized spacial score (nSPS) is 10.2. The fourth-order valence-electron chi connectivity index (χ4n) is 1.75. The van der Waals surface area contributed by atoms with Crippen LogP contribution in [-0.4, -0.2) is 35.3 Å². The summed E-state index contributed by atoms with van der Waals surface area (Å²) in [6.07, 6.45) is 1.47. The molecule has 0 saturated heterocycles. The third-order valence-electron chi connectivity index (χ3n) is 2.64. The van der Waals surface area contributed by atoms with Crippen LogP contribution in [0, 0.1) is 0 Å². The fourth-order valence-corrected chi connectivity index (χ4v) is 1.75. The van der Waals surface area contributed by atoms with E-state index in [0.29, 0.717) is 17.3 Å². The van der Waals surface area contributed by atoms with Gasteiger partial charge in [-0.3, -0.25) is 4.79 Å². The van der Waals surface area contributed by atoms with Crippen LogP contribution in [0.5, 0.6) is 11.5 Å². The lowest BCUT2D eigenvalue weighted by Gasteiger charge is -2.08. The summed E-state index contributed by atoms with van der Waals surface area (Å²) in [5.41, 5.74) is 1.58. The summed E-state index contributed by atoms with van der Waals surface area (Å²) in [6.45, 7) is 0. The number of methoxy groups -OCH3 is 2. The van der Waals surface area contributed by atoms with Crippen molar-refractivity contribution in [3.8, 4) is 22.8 Å². The van der Waals surface area contributed by atoms with Gasteiger partial charge >= 0.3 is 5.97 Å². The molecule has 0 aliphatic heterocycles. The lowest BCUT2D eigenvalue weighted by atomic mass is 10.1. The van der Waals surface area contributed by atoms with E-state index in [9.17, 15) is 4.79 Å². The summed E-state index contributed by atoms with van der Waals surface area (Å²) in [6, 6.07) is 5.43. The van der Waals surface area contributed by atoms with E-state index in [1.807, 2.05) is 6.07 Å². The molecular weight excluding hydrogens is 248 g/mol. The average molecular weight is 262 g/mol. The number of hydrogen-bond acceptors (Lipinski definition) is 4. The number of rotatable bonds is 5. The van der Waals surface area contributed by atoms with Crippen LogP contribution in [0.2, 0.25) is 0 Å². The van der Waals surface area contributed by atoms with Crippen LogP contribution in [0.4, 0.5) is 0 Å². The number of carboxylic acid groups (broad SMARTS) is 1. The summed E-state index contributed by atoms with van der Waals surface area (Å²) in [5, 5.41) is 8.70. The molecule has 0 bridgehead atoms. The molecular formula is C13H14N2O4. The lowest BCUT2D eigenvalue weighted by Crippen LogP contribution is -2.01. The smallest absolute Gasteiger partial charge is 0.311 e. The zero-order chi connectivity index (χ0) is 13.8. The molecule has 19 heavy (non-hydrogen) atoms. The second-order valence-corrected chi connectivity index (χ2v) is 3.88. The Morgan fingerprint density at radius 2 is 2.05 bits per heavy atom. The molecule has 0 fully saturated rings. The molecule has 0 aliphatic carbocycles. The molecule has 1 aromatic carbocycles. The van der Waals surface area contributed by atoms with Crippen molar-refractivity contribution in [1.82, 2.24) is 9.97 Å². The Balaban J connectivity index is 2.31. The molecule has 2 rings (SSSR count). The number of imidazole rings is 1. The van der Waals surface area contributed by atoms with Crippen molar-refractivity contribution in [2.75, 3.05) is 14.2 Å². The number of hydrogen-bond donors (Lipinski definition) is 2. The van der Waals surface area contributed by atoms with Crippen LogP contribution >= 0.6 is 0 Å². The summed E-state index contributed by atoms with van der Waals surface area (Å²) in [5.74, 6) is 0.733. The van der Waals surface area contributed by atoms with Gasteiger partial charge in [0.2, 0.25) is 0 Å². The van der Waals surface area contributed by atoms with Crippen LogP contribution < -0.4 is 9.47 Å². The highest BCUT2D eigenvalue weighted by atomic mass is 16.5. The van der Waals surface area contributed by atoms with Crippen molar-refractivity contribution in [1.29, 1.82) is 0 Å². The molecule has 6 heteroatoms. The van der Waals surface area contributed by atoms with Gasteiger partial charge in [0.05, 0.1) is 26.1 Å². The van der Waals surface area contributed by atoms with E-state index in [1.54, 1.807) is 32.5 Å². The van der Waals surface area contributed by atoms with Crippen LogP contribution in [0.15, 0.2) is 24.4 Å². The first-order chi connectivity index (χ1) is 9.13. The molecule has 0 amide bonds. The Bertz CT molecular complexity index is 592. The molecule has 100 valence electrons. The van der Waals surface area contributed by atoms with E-state index in [-0.39, 0.29) is 6.42 Å². The van der Waals surface area contributed by atoms with Crippen LogP contribution in [0.25, 0.3) is 11.3 Å². The molecule has 2 aromatic rings. The third kappa shape index (κ3) is 2.85. The van der Waals surface area contributed by atoms with Crippen LogP contribution in [0.3, 0.4) is 0 Å². The van der Waals surface area contributed by atoms with Gasteiger partial charge in [0.25, 0.3) is 0 Å². The number of benzene rings is 1. The molecule has 2 N–H and O–H groups in total. The van der Waals surface area contributed by atoms with Crippen molar-refractivity contribution in [3.05, 3.63) is 30.2 Å². The number of carbonyl (C=O) groups is 1. The number of aliphatic carboxylic acids is 1. The van der Waals surface area contributed by atoms with Crippen molar-refractivity contribution in [2.45, 2.75) is 6.42 Å². The van der Waals surface area contributed by atoms with E-state index in [2.05, 4.69) is 9.97 Å².